The minimum Gasteiger partial charge on any atom is -0.497 e. The Bertz CT molecular complexity index is 498. The second kappa shape index (κ2) is 7.64. The Labute approximate surface area is 123 Å². The van der Waals surface area contributed by atoms with Crippen molar-refractivity contribution in [2.24, 2.45) is 0 Å². The molecule has 1 heterocycles. The van der Waals surface area contributed by atoms with Gasteiger partial charge in [0.2, 0.25) is 5.91 Å². The van der Waals surface area contributed by atoms with E-state index in [-0.39, 0.29) is 17.9 Å². The number of hydrogen-bond acceptors (Lipinski definition) is 4. The SMILES string of the molecule is COc1cccc(C(=O)NCCNC(=O)C2CCCO2)c1. The molecule has 0 radical (unpaired) electrons. The molecule has 114 valence electrons. The summed E-state index contributed by atoms with van der Waals surface area (Å²) in [6, 6.07) is 6.91. The first-order valence-corrected chi connectivity index (χ1v) is 7.02. The molecule has 6 nitrogen and oxygen atoms in total. The molecule has 1 atom stereocenters. The second-order valence-corrected chi connectivity index (χ2v) is 4.78. The summed E-state index contributed by atoms with van der Waals surface area (Å²) in [5.74, 6) is 0.331. The van der Waals surface area contributed by atoms with Gasteiger partial charge in [-0.25, -0.2) is 0 Å². The fourth-order valence-electron chi connectivity index (χ4n) is 2.13. The first kappa shape index (κ1) is 15.3. The zero-order valence-electron chi connectivity index (χ0n) is 12.1. The van der Waals surface area contributed by atoms with E-state index >= 15 is 0 Å². The first-order chi connectivity index (χ1) is 10.2. The number of ether oxygens (including phenoxy) is 2. The number of amides is 2. The zero-order chi connectivity index (χ0) is 15.1. The predicted octanol–water partition coefficient (Wildman–Crippen LogP) is 0.720. The molecule has 0 aromatic heterocycles. The summed E-state index contributed by atoms with van der Waals surface area (Å²) >= 11 is 0. The van der Waals surface area contributed by atoms with Crippen molar-refractivity contribution in [1.29, 1.82) is 0 Å². The number of hydrogen-bond donors (Lipinski definition) is 2. The normalized spacial score (nSPS) is 17.3. The second-order valence-electron chi connectivity index (χ2n) is 4.78. The standard InChI is InChI=1S/C15H20N2O4/c1-20-12-5-2-4-11(10-12)14(18)16-7-8-17-15(19)13-6-3-9-21-13/h2,4-5,10,13H,3,6-9H2,1H3,(H,16,18)(H,17,19). The summed E-state index contributed by atoms with van der Waals surface area (Å²) in [6.07, 6.45) is 1.35. The van der Waals surface area contributed by atoms with Crippen LogP contribution in [0, 0.1) is 0 Å². The average Bonchev–Trinajstić information content (AvgIpc) is 3.05. The van der Waals surface area contributed by atoms with E-state index in [9.17, 15) is 9.59 Å². The molecular weight excluding hydrogens is 272 g/mol. The smallest absolute Gasteiger partial charge is 0.251 e. The summed E-state index contributed by atoms with van der Waals surface area (Å²) in [4.78, 5) is 23.6. The fraction of sp³-hybridized carbons (Fsp3) is 0.467. The molecule has 1 aliphatic heterocycles. The van der Waals surface area contributed by atoms with Crippen LogP contribution in [-0.4, -0.2) is 44.7 Å². The van der Waals surface area contributed by atoms with Gasteiger partial charge in [-0.15, -0.1) is 0 Å². The van der Waals surface area contributed by atoms with Gasteiger partial charge >= 0.3 is 0 Å². The van der Waals surface area contributed by atoms with E-state index in [4.69, 9.17) is 9.47 Å². The molecule has 1 fully saturated rings. The minimum atomic E-state index is -0.334. The molecule has 0 aliphatic carbocycles. The number of carbonyl (C=O) groups excluding carboxylic acids is 2. The first-order valence-electron chi connectivity index (χ1n) is 7.02. The van der Waals surface area contributed by atoms with Crippen LogP contribution >= 0.6 is 0 Å². The lowest BCUT2D eigenvalue weighted by molar-refractivity contribution is -0.129. The maximum Gasteiger partial charge on any atom is 0.251 e. The van der Waals surface area contributed by atoms with E-state index in [2.05, 4.69) is 10.6 Å². The number of benzene rings is 1. The summed E-state index contributed by atoms with van der Waals surface area (Å²) in [7, 11) is 1.55. The zero-order valence-corrected chi connectivity index (χ0v) is 12.1. The van der Waals surface area contributed by atoms with Crippen LogP contribution in [0.1, 0.15) is 23.2 Å². The van der Waals surface area contributed by atoms with Crippen LogP contribution in [-0.2, 0) is 9.53 Å². The Morgan fingerprint density at radius 2 is 2.14 bits per heavy atom. The highest BCUT2D eigenvalue weighted by atomic mass is 16.5. The van der Waals surface area contributed by atoms with Crippen LogP contribution in [0.2, 0.25) is 0 Å². The van der Waals surface area contributed by atoms with E-state index < -0.39 is 0 Å². The topological polar surface area (TPSA) is 76.7 Å². The van der Waals surface area contributed by atoms with Crippen LogP contribution in [0.15, 0.2) is 24.3 Å². The molecule has 6 heteroatoms. The van der Waals surface area contributed by atoms with Crippen molar-refractivity contribution in [1.82, 2.24) is 10.6 Å². The van der Waals surface area contributed by atoms with Crippen LogP contribution in [0.25, 0.3) is 0 Å². The van der Waals surface area contributed by atoms with Gasteiger partial charge < -0.3 is 20.1 Å². The Kier molecular flexibility index (Phi) is 5.57. The molecule has 0 saturated carbocycles. The molecule has 2 rings (SSSR count). The number of carbonyl (C=O) groups is 2. The highest BCUT2D eigenvalue weighted by Gasteiger charge is 2.22. The Morgan fingerprint density at radius 3 is 2.86 bits per heavy atom. The van der Waals surface area contributed by atoms with Gasteiger partial charge in [0.15, 0.2) is 0 Å². The van der Waals surface area contributed by atoms with Gasteiger partial charge in [-0.1, -0.05) is 6.07 Å². The lowest BCUT2D eigenvalue weighted by Crippen LogP contribution is -2.39. The molecule has 1 unspecified atom stereocenters. The molecule has 0 bridgehead atoms. The van der Waals surface area contributed by atoms with E-state index in [1.54, 1.807) is 31.4 Å². The number of nitrogens with one attached hydrogen (secondary N) is 2. The number of rotatable bonds is 6. The summed E-state index contributed by atoms with van der Waals surface area (Å²) in [5.41, 5.74) is 0.528. The van der Waals surface area contributed by atoms with E-state index in [0.717, 1.165) is 12.8 Å². The van der Waals surface area contributed by atoms with Gasteiger partial charge in [-0.2, -0.15) is 0 Å². The van der Waals surface area contributed by atoms with Crippen molar-refractivity contribution in [3.05, 3.63) is 29.8 Å². The quantitative estimate of drug-likeness (QED) is 0.758. The van der Waals surface area contributed by atoms with E-state index in [0.29, 0.717) is 31.0 Å². The lowest BCUT2D eigenvalue weighted by atomic mass is 10.2. The van der Waals surface area contributed by atoms with Crippen LogP contribution in [0.4, 0.5) is 0 Å². The van der Waals surface area contributed by atoms with E-state index in [1.165, 1.54) is 0 Å². The number of methoxy groups -OCH3 is 1. The molecule has 2 amide bonds. The summed E-state index contributed by atoms with van der Waals surface area (Å²) < 4.78 is 10.3. The Morgan fingerprint density at radius 1 is 1.33 bits per heavy atom. The minimum absolute atomic E-state index is 0.108. The van der Waals surface area contributed by atoms with E-state index in [1.807, 2.05) is 0 Å². The molecular formula is C15H20N2O4. The summed E-state index contributed by atoms with van der Waals surface area (Å²) in [5, 5.41) is 5.50. The van der Waals surface area contributed by atoms with Crippen molar-refractivity contribution in [2.75, 3.05) is 26.8 Å². The predicted molar refractivity (Wildman–Crippen MR) is 77.3 cm³/mol. The highest BCUT2D eigenvalue weighted by molar-refractivity contribution is 5.94. The van der Waals surface area contributed by atoms with Crippen molar-refractivity contribution >= 4 is 11.8 Å². The monoisotopic (exact) mass is 292 g/mol. The molecule has 1 aliphatic rings. The van der Waals surface area contributed by atoms with Crippen molar-refractivity contribution in [3.8, 4) is 5.75 Å². The largest absolute Gasteiger partial charge is 0.497 e. The fourth-order valence-corrected chi connectivity index (χ4v) is 2.13. The molecule has 2 N–H and O–H groups in total. The third kappa shape index (κ3) is 4.46. The maximum atomic E-state index is 11.9. The van der Waals surface area contributed by atoms with Crippen LogP contribution in [0.3, 0.4) is 0 Å². The summed E-state index contributed by atoms with van der Waals surface area (Å²) in [6.45, 7) is 1.40. The third-order valence-corrected chi connectivity index (χ3v) is 3.26. The van der Waals surface area contributed by atoms with Gasteiger partial charge in [-0.05, 0) is 31.0 Å². The lowest BCUT2D eigenvalue weighted by Gasteiger charge is -2.11. The van der Waals surface area contributed by atoms with Crippen molar-refractivity contribution < 1.29 is 19.1 Å². The molecule has 1 saturated heterocycles. The molecule has 21 heavy (non-hydrogen) atoms. The maximum absolute atomic E-state index is 11.9. The van der Waals surface area contributed by atoms with Gasteiger partial charge in [0.25, 0.3) is 5.91 Å². The van der Waals surface area contributed by atoms with Crippen LogP contribution in [0.5, 0.6) is 5.75 Å². The Hall–Kier alpha value is -2.08. The third-order valence-electron chi connectivity index (χ3n) is 3.26. The molecule has 1 aromatic carbocycles. The highest BCUT2D eigenvalue weighted by Crippen LogP contribution is 2.12. The Balaban J connectivity index is 1.70. The molecule has 0 spiro atoms. The van der Waals surface area contributed by atoms with Crippen LogP contribution < -0.4 is 15.4 Å². The van der Waals surface area contributed by atoms with Gasteiger partial charge in [0.05, 0.1) is 7.11 Å². The van der Waals surface area contributed by atoms with Crippen molar-refractivity contribution in [3.63, 3.8) is 0 Å². The molecule has 1 aromatic rings. The van der Waals surface area contributed by atoms with Gasteiger partial charge in [0.1, 0.15) is 11.9 Å². The average molecular weight is 292 g/mol. The van der Waals surface area contributed by atoms with Gasteiger partial charge in [0, 0.05) is 25.3 Å². The van der Waals surface area contributed by atoms with Crippen molar-refractivity contribution in [2.45, 2.75) is 18.9 Å². The van der Waals surface area contributed by atoms with Gasteiger partial charge in [-0.3, -0.25) is 9.59 Å².